The van der Waals surface area contributed by atoms with Crippen LogP contribution in [-0.2, 0) is 22.1 Å². The van der Waals surface area contributed by atoms with Crippen molar-refractivity contribution in [3.63, 3.8) is 0 Å². The predicted molar refractivity (Wildman–Crippen MR) is 53.4 cm³/mol. The van der Waals surface area contributed by atoms with Crippen molar-refractivity contribution in [2.45, 2.75) is 26.1 Å². The van der Waals surface area contributed by atoms with Crippen LogP contribution in [0, 0.1) is 5.92 Å². The van der Waals surface area contributed by atoms with Crippen molar-refractivity contribution in [3.05, 3.63) is 11.9 Å². The van der Waals surface area contributed by atoms with Crippen LogP contribution in [0.4, 0.5) is 0 Å². The highest BCUT2D eigenvalue weighted by molar-refractivity contribution is 7.89. The van der Waals surface area contributed by atoms with Gasteiger partial charge in [0.05, 0.1) is 11.4 Å². The zero-order valence-corrected chi connectivity index (χ0v) is 9.45. The van der Waals surface area contributed by atoms with E-state index in [-0.39, 0.29) is 5.75 Å². The molecule has 14 heavy (non-hydrogen) atoms. The van der Waals surface area contributed by atoms with Gasteiger partial charge in [0, 0.05) is 19.0 Å². The molecule has 0 unspecified atom stereocenters. The number of hydrogen-bond donors (Lipinski definition) is 0. The van der Waals surface area contributed by atoms with Crippen molar-refractivity contribution in [1.29, 1.82) is 0 Å². The fraction of sp³-hybridized carbons (Fsp3) is 0.750. The summed E-state index contributed by atoms with van der Waals surface area (Å²) in [5.41, 5.74) is 0.508. The molecule has 0 aliphatic rings. The van der Waals surface area contributed by atoms with Gasteiger partial charge in [0.15, 0.2) is 9.84 Å². The van der Waals surface area contributed by atoms with Gasteiger partial charge >= 0.3 is 0 Å². The molecule has 6 heteroatoms. The van der Waals surface area contributed by atoms with E-state index in [0.29, 0.717) is 11.6 Å². The van der Waals surface area contributed by atoms with Crippen molar-refractivity contribution in [2.24, 2.45) is 5.92 Å². The molecule has 0 fully saturated rings. The lowest BCUT2D eigenvalue weighted by Crippen LogP contribution is -2.04. The highest BCUT2D eigenvalue weighted by Gasteiger charge is 2.08. The molecule has 0 saturated heterocycles. The van der Waals surface area contributed by atoms with Crippen LogP contribution >= 0.6 is 0 Å². The number of nitrogens with zero attached hydrogens (tertiary/aromatic N) is 3. The zero-order chi connectivity index (χ0) is 10.8. The summed E-state index contributed by atoms with van der Waals surface area (Å²) >= 11 is 0. The molecule has 1 heterocycles. The molecular weight excluding hydrogens is 202 g/mol. The van der Waals surface area contributed by atoms with Crippen LogP contribution in [0.25, 0.3) is 0 Å². The van der Waals surface area contributed by atoms with Gasteiger partial charge in [-0.15, -0.1) is 5.10 Å². The molecule has 0 bridgehead atoms. The minimum atomic E-state index is -3.01. The Labute approximate surface area is 84.0 Å². The second-order valence-electron chi connectivity index (χ2n) is 3.90. The van der Waals surface area contributed by atoms with Gasteiger partial charge in [-0.2, -0.15) is 0 Å². The summed E-state index contributed by atoms with van der Waals surface area (Å²) < 4.78 is 23.6. The second-order valence-corrected chi connectivity index (χ2v) is 6.04. The molecule has 0 aromatic carbocycles. The highest BCUT2D eigenvalue weighted by atomic mass is 32.2. The van der Waals surface area contributed by atoms with Gasteiger partial charge < -0.3 is 0 Å². The van der Waals surface area contributed by atoms with Crippen LogP contribution in [0.5, 0.6) is 0 Å². The maximum absolute atomic E-state index is 11.0. The van der Waals surface area contributed by atoms with Crippen LogP contribution in [-0.4, -0.2) is 29.7 Å². The summed E-state index contributed by atoms with van der Waals surface area (Å²) in [6.45, 7) is 4.90. The number of hydrogen-bond acceptors (Lipinski definition) is 4. The van der Waals surface area contributed by atoms with Crippen molar-refractivity contribution in [2.75, 3.05) is 6.26 Å². The average Bonchev–Trinajstić information content (AvgIpc) is 2.30. The van der Waals surface area contributed by atoms with Crippen LogP contribution in [0.3, 0.4) is 0 Å². The summed E-state index contributed by atoms with van der Waals surface area (Å²) in [4.78, 5) is 0. The molecule has 0 saturated carbocycles. The fourth-order valence-corrected chi connectivity index (χ4v) is 1.81. The number of aromatic nitrogens is 3. The van der Waals surface area contributed by atoms with Crippen molar-refractivity contribution < 1.29 is 8.42 Å². The lowest BCUT2D eigenvalue weighted by molar-refractivity contribution is 0.472. The van der Waals surface area contributed by atoms with E-state index >= 15 is 0 Å². The second kappa shape index (κ2) is 4.08. The van der Waals surface area contributed by atoms with Crippen LogP contribution in [0.1, 0.15) is 19.5 Å². The van der Waals surface area contributed by atoms with E-state index in [9.17, 15) is 8.42 Å². The fourth-order valence-electron chi connectivity index (χ4n) is 1.14. The van der Waals surface area contributed by atoms with Crippen molar-refractivity contribution in [1.82, 2.24) is 15.0 Å². The van der Waals surface area contributed by atoms with E-state index in [1.54, 1.807) is 10.9 Å². The van der Waals surface area contributed by atoms with Crippen LogP contribution in [0.2, 0.25) is 0 Å². The SMILES string of the molecule is CC(C)Cn1cc(CS(C)(=O)=O)nn1. The van der Waals surface area contributed by atoms with Crippen LogP contribution in [0.15, 0.2) is 6.20 Å². The molecule has 5 nitrogen and oxygen atoms in total. The predicted octanol–water partition coefficient (Wildman–Crippen LogP) is 0.479. The molecule has 0 aliphatic heterocycles. The molecule has 80 valence electrons. The summed E-state index contributed by atoms with van der Waals surface area (Å²) in [5, 5.41) is 7.63. The first kappa shape index (κ1) is 11.2. The molecule has 0 N–H and O–H groups in total. The Morgan fingerprint density at radius 1 is 1.50 bits per heavy atom. The first-order valence-corrected chi connectivity index (χ1v) is 6.49. The smallest absolute Gasteiger partial charge is 0.153 e. The Morgan fingerprint density at radius 2 is 2.14 bits per heavy atom. The highest BCUT2D eigenvalue weighted by Crippen LogP contribution is 2.02. The maximum Gasteiger partial charge on any atom is 0.153 e. The third-order valence-corrected chi connectivity index (χ3v) is 2.37. The van der Waals surface area contributed by atoms with Gasteiger partial charge in [-0.25, -0.2) is 8.42 Å². The molecular formula is C8H15N3O2S. The molecule has 0 spiro atoms. The lowest BCUT2D eigenvalue weighted by atomic mass is 10.2. The Balaban J connectivity index is 2.69. The van der Waals surface area contributed by atoms with E-state index in [2.05, 4.69) is 24.2 Å². The van der Waals surface area contributed by atoms with Crippen molar-refractivity contribution >= 4 is 9.84 Å². The van der Waals surface area contributed by atoms with Gasteiger partial charge in [0.2, 0.25) is 0 Å². The van der Waals surface area contributed by atoms with E-state index in [0.717, 1.165) is 6.54 Å². The molecule has 0 atom stereocenters. The summed E-state index contributed by atoms with van der Waals surface area (Å²) in [5.74, 6) is 0.438. The quantitative estimate of drug-likeness (QED) is 0.735. The molecule has 0 aliphatic carbocycles. The summed E-state index contributed by atoms with van der Waals surface area (Å²) in [6, 6.07) is 0. The molecule has 1 aromatic heterocycles. The molecule has 1 rings (SSSR count). The lowest BCUT2D eigenvalue weighted by Gasteiger charge is -2.01. The molecule has 1 aromatic rings. The number of rotatable bonds is 4. The largest absolute Gasteiger partial charge is 0.252 e. The Morgan fingerprint density at radius 3 is 2.64 bits per heavy atom. The van der Waals surface area contributed by atoms with E-state index in [1.807, 2.05) is 0 Å². The standard InChI is InChI=1S/C8H15N3O2S/c1-7(2)4-11-5-8(9-10-11)6-14(3,12)13/h5,7H,4,6H2,1-3H3. The Kier molecular flexibility index (Phi) is 3.25. The third kappa shape index (κ3) is 3.87. The van der Waals surface area contributed by atoms with Crippen LogP contribution < -0.4 is 0 Å². The topological polar surface area (TPSA) is 64.8 Å². The van der Waals surface area contributed by atoms with E-state index < -0.39 is 9.84 Å². The number of sulfone groups is 1. The van der Waals surface area contributed by atoms with Gasteiger partial charge in [-0.1, -0.05) is 19.1 Å². The normalized spacial score (nSPS) is 12.3. The first-order chi connectivity index (χ1) is 6.37. The molecule has 0 amide bonds. The Hall–Kier alpha value is -0.910. The van der Waals surface area contributed by atoms with Gasteiger partial charge in [0.1, 0.15) is 0 Å². The average molecular weight is 217 g/mol. The van der Waals surface area contributed by atoms with Gasteiger partial charge in [-0.3, -0.25) is 4.68 Å². The summed E-state index contributed by atoms with van der Waals surface area (Å²) in [7, 11) is -3.01. The monoisotopic (exact) mass is 217 g/mol. The van der Waals surface area contributed by atoms with E-state index in [1.165, 1.54) is 6.26 Å². The van der Waals surface area contributed by atoms with Gasteiger partial charge in [0.25, 0.3) is 0 Å². The minimum Gasteiger partial charge on any atom is -0.252 e. The molecule has 0 radical (unpaired) electrons. The first-order valence-electron chi connectivity index (χ1n) is 4.43. The van der Waals surface area contributed by atoms with E-state index in [4.69, 9.17) is 0 Å². The zero-order valence-electron chi connectivity index (χ0n) is 8.64. The van der Waals surface area contributed by atoms with Crippen molar-refractivity contribution in [3.8, 4) is 0 Å². The third-order valence-electron chi connectivity index (χ3n) is 1.55. The maximum atomic E-state index is 11.0. The Bertz CT molecular complexity index is 394. The summed E-state index contributed by atoms with van der Waals surface area (Å²) in [6.07, 6.45) is 2.87. The minimum absolute atomic E-state index is 0.0366. The van der Waals surface area contributed by atoms with Gasteiger partial charge in [-0.05, 0) is 5.92 Å².